The van der Waals surface area contributed by atoms with Gasteiger partial charge in [0.2, 0.25) is 0 Å². The van der Waals surface area contributed by atoms with E-state index in [2.05, 4.69) is 11.8 Å². The van der Waals surface area contributed by atoms with Gasteiger partial charge in [0.25, 0.3) is 0 Å². The van der Waals surface area contributed by atoms with Gasteiger partial charge >= 0.3 is 0 Å². The number of nitrogens with zero attached hydrogens (tertiary/aromatic N) is 1. The highest BCUT2D eigenvalue weighted by Crippen LogP contribution is 2.30. The first-order valence-corrected chi connectivity index (χ1v) is 7.29. The van der Waals surface area contributed by atoms with Crippen molar-refractivity contribution < 1.29 is 0 Å². The molecule has 1 saturated carbocycles. The van der Waals surface area contributed by atoms with Crippen LogP contribution in [0.5, 0.6) is 0 Å². The Morgan fingerprint density at radius 1 is 1.12 bits per heavy atom. The topological polar surface area (TPSA) is 29.3 Å². The van der Waals surface area contributed by atoms with Crippen LogP contribution in [-0.2, 0) is 0 Å². The molecule has 0 aromatic carbocycles. The van der Waals surface area contributed by atoms with Crippen molar-refractivity contribution in [2.45, 2.75) is 57.9 Å². The molecule has 0 radical (unpaired) electrons. The van der Waals surface area contributed by atoms with Crippen molar-refractivity contribution in [1.82, 2.24) is 4.90 Å². The summed E-state index contributed by atoms with van der Waals surface area (Å²) in [6.07, 6.45) is 9.95. The number of likely N-dealkylation sites (tertiary alicyclic amines) is 1. The van der Waals surface area contributed by atoms with Gasteiger partial charge in [0.05, 0.1) is 0 Å². The number of rotatable bonds is 4. The maximum Gasteiger partial charge on any atom is 0.0246 e. The zero-order valence-corrected chi connectivity index (χ0v) is 10.8. The van der Waals surface area contributed by atoms with E-state index >= 15 is 0 Å². The van der Waals surface area contributed by atoms with Crippen molar-refractivity contribution in [2.24, 2.45) is 17.6 Å². The number of nitrogens with two attached hydrogens (primary N) is 1. The molecule has 1 saturated heterocycles. The lowest BCUT2D eigenvalue weighted by Crippen LogP contribution is -2.50. The summed E-state index contributed by atoms with van der Waals surface area (Å²) in [6, 6.07) is 0.680. The van der Waals surface area contributed by atoms with Gasteiger partial charge in [-0.25, -0.2) is 0 Å². The molecule has 2 nitrogen and oxygen atoms in total. The van der Waals surface area contributed by atoms with E-state index in [0.717, 1.165) is 18.4 Å². The number of piperidine rings is 1. The summed E-state index contributed by atoms with van der Waals surface area (Å²) in [5.74, 6) is 1.84. The quantitative estimate of drug-likeness (QED) is 0.795. The zero-order chi connectivity index (χ0) is 11.4. The fourth-order valence-corrected chi connectivity index (χ4v) is 3.78. The lowest BCUT2D eigenvalue weighted by molar-refractivity contribution is 0.0798. The van der Waals surface area contributed by atoms with Crippen LogP contribution >= 0.6 is 0 Å². The zero-order valence-electron chi connectivity index (χ0n) is 10.8. The predicted molar refractivity (Wildman–Crippen MR) is 69.4 cm³/mol. The van der Waals surface area contributed by atoms with Gasteiger partial charge in [0, 0.05) is 19.1 Å². The van der Waals surface area contributed by atoms with Crippen molar-refractivity contribution in [3.8, 4) is 0 Å². The largest absolute Gasteiger partial charge is 0.329 e. The normalized spacial score (nSPS) is 33.4. The van der Waals surface area contributed by atoms with E-state index in [1.54, 1.807) is 0 Å². The van der Waals surface area contributed by atoms with Crippen molar-refractivity contribution >= 4 is 0 Å². The van der Waals surface area contributed by atoms with Crippen LogP contribution in [-0.4, -0.2) is 30.6 Å². The third kappa shape index (κ3) is 2.78. The monoisotopic (exact) mass is 224 g/mol. The minimum Gasteiger partial charge on any atom is -0.329 e. The highest BCUT2D eigenvalue weighted by Gasteiger charge is 2.30. The Hall–Kier alpha value is -0.0800. The van der Waals surface area contributed by atoms with Crippen molar-refractivity contribution in [2.75, 3.05) is 19.6 Å². The van der Waals surface area contributed by atoms with Crippen LogP contribution in [0.1, 0.15) is 51.9 Å². The number of hydrogen-bond acceptors (Lipinski definition) is 2. The molecule has 2 heteroatoms. The lowest BCUT2D eigenvalue weighted by Gasteiger charge is -2.41. The minimum atomic E-state index is 0.680. The molecule has 1 heterocycles. The Morgan fingerprint density at radius 2 is 1.88 bits per heavy atom. The summed E-state index contributed by atoms with van der Waals surface area (Å²) in [7, 11) is 0. The maximum atomic E-state index is 5.99. The summed E-state index contributed by atoms with van der Waals surface area (Å²) in [6.45, 7) is 5.82. The SMILES string of the molecule is CCC1CCCN(CC2CCCC2)C1CN. The lowest BCUT2D eigenvalue weighted by atomic mass is 9.86. The standard InChI is InChI=1S/C14H28N2/c1-2-13-8-5-9-16(14(13)10-15)11-12-6-3-4-7-12/h12-14H,2-11,15H2,1H3. The Labute approximate surface area is 101 Å². The van der Waals surface area contributed by atoms with E-state index in [9.17, 15) is 0 Å². The molecule has 2 aliphatic rings. The summed E-state index contributed by atoms with van der Waals surface area (Å²) in [5, 5.41) is 0. The van der Waals surface area contributed by atoms with E-state index in [4.69, 9.17) is 5.73 Å². The van der Waals surface area contributed by atoms with Crippen LogP contribution < -0.4 is 5.73 Å². The molecule has 0 amide bonds. The summed E-state index contributed by atoms with van der Waals surface area (Å²) in [5.41, 5.74) is 5.99. The molecule has 2 fully saturated rings. The van der Waals surface area contributed by atoms with Crippen molar-refractivity contribution in [3.63, 3.8) is 0 Å². The molecule has 94 valence electrons. The highest BCUT2D eigenvalue weighted by atomic mass is 15.2. The van der Waals surface area contributed by atoms with Gasteiger partial charge in [-0.2, -0.15) is 0 Å². The second-order valence-corrected chi connectivity index (χ2v) is 5.76. The average molecular weight is 224 g/mol. The third-order valence-electron chi connectivity index (χ3n) is 4.77. The number of hydrogen-bond donors (Lipinski definition) is 1. The maximum absolute atomic E-state index is 5.99. The first kappa shape index (κ1) is 12.4. The van der Waals surface area contributed by atoms with Gasteiger partial charge < -0.3 is 5.73 Å². The molecule has 0 aromatic heterocycles. The second-order valence-electron chi connectivity index (χ2n) is 5.76. The molecule has 1 aliphatic heterocycles. The molecule has 0 bridgehead atoms. The molecule has 2 N–H and O–H groups in total. The van der Waals surface area contributed by atoms with E-state index in [1.165, 1.54) is 58.0 Å². The highest BCUT2D eigenvalue weighted by molar-refractivity contribution is 4.86. The predicted octanol–water partition coefficient (Wildman–Crippen LogP) is 2.63. The molecule has 0 aromatic rings. The fraction of sp³-hybridized carbons (Fsp3) is 1.00. The minimum absolute atomic E-state index is 0.680. The van der Waals surface area contributed by atoms with Crippen LogP contribution in [0.25, 0.3) is 0 Å². The Balaban J connectivity index is 1.89. The van der Waals surface area contributed by atoms with Gasteiger partial charge in [0.1, 0.15) is 0 Å². The van der Waals surface area contributed by atoms with Crippen LogP contribution in [0.2, 0.25) is 0 Å². The fourth-order valence-electron chi connectivity index (χ4n) is 3.78. The first-order valence-electron chi connectivity index (χ1n) is 7.29. The van der Waals surface area contributed by atoms with Crippen LogP contribution in [0.15, 0.2) is 0 Å². The third-order valence-corrected chi connectivity index (χ3v) is 4.77. The molecule has 1 aliphatic carbocycles. The van der Waals surface area contributed by atoms with E-state index in [1.807, 2.05) is 0 Å². The van der Waals surface area contributed by atoms with Gasteiger partial charge in [-0.1, -0.05) is 26.2 Å². The Morgan fingerprint density at radius 3 is 2.50 bits per heavy atom. The average Bonchev–Trinajstić information content (AvgIpc) is 2.81. The molecule has 2 rings (SSSR count). The first-order chi connectivity index (χ1) is 7.85. The van der Waals surface area contributed by atoms with Crippen LogP contribution in [0.3, 0.4) is 0 Å². The Kier molecular flexibility index (Phi) is 4.66. The van der Waals surface area contributed by atoms with E-state index in [-0.39, 0.29) is 0 Å². The summed E-state index contributed by atoms with van der Waals surface area (Å²) < 4.78 is 0. The van der Waals surface area contributed by atoms with Gasteiger partial charge in [-0.15, -0.1) is 0 Å². The molecule has 2 atom stereocenters. The molecule has 16 heavy (non-hydrogen) atoms. The van der Waals surface area contributed by atoms with Gasteiger partial charge in [-0.05, 0) is 44.1 Å². The molecule has 0 spiro atoms. The molecule has 2 unspecified atom stereocenters. The van der Waals surface area contributed by atoms with Gasteiger partial charge in [0.15, 0.2) is 0 Å². The molecular weight excluding hydrogens is 196 g/mol. The molecular formula is C14H28N2. The Bertz CT molecular complexity index is 199. The summed E-state index contributed by atoms with van der Waals surface area (Å²) in [4.78, 5) is 2.72. The van der Waals surface area contributed by atoms with Crippen LogP contribution in [0.4, 0.5) is 0 Å². The van der Waals surface area contributed by atoms with Gasteiger partial charge in [-0.3, -0.25) is 4.90 Å². The summed E-state index contributed by atoms with van der Waals surface area (Å²) >= 11 is 0. The van der Waals surface area contributed by atoms with E-state index in [0.29, 0.717) is 6.04 Å². The smallest absolute Gasteiger partial charge is 0.0246 e. The van der Waals surface area contributed by atoms with Crippen molar-refractivity contribution in [1.29, 1.82) is 0 Å². The second kappa shape index (κ2) is 6.02. The van der Waals surface area contributed by atoms with Crippen LogP contribution in [0, 0.1) is 11.8 Å². The van der Waals surface area contributed by atoms with Crippen molar-refractivity contribution in [3.05, 3.63) is 0 Å². The van der Waals surface area contributed by atoms with E-state index < -0.39 is 0 Å².